The van der Waals surface area contributed by atoms with Gasteiger partial charge >= 0.3 is 0 Å². The summed E-state index contributed by atoms with van der Waals surface area (Å²) in [5.74, 6) is 1.33. The minimum absolute atomic E-state index is 0.184. The second kappa shape index (κ2) is 11.9. The number of allylic oxidation sites excluding steroid dienone is 2. The Labute approximate surface area is 211 Å². The zero-order valence-corrected chi connectivity index (χ0v) is 21.0. The molecule has 0 bridgehead atoms. The third-order valence-corrected chi connectivity index (χ3v) is 7.14. The Hall–Kier alpha value is -3.30. The van der Waals surface area contributed by atoms with Crippen LogP contribution in [0.25, 0.3) is 11.1 Å². The standard InChI is InChI=1S/C26H33N7OS/c1-29-14-17(12-27)22-10-21(16-31-25(22)18(13-28)15-30-2)34-20-8-9-23-24(11-20)35-26(33-23)32-19-6-4-3-5-7-19/h8-16,19,26,32-33H,3-7,27-28H2,1-2H3/b17-12+,18-13+,29-14?,30-15?. The quantitative estimate of drug-likeness (QED) is 0.398. The molecule has 8 nitrogen and oxygen atoms in total. The van der Waals surface area contributed by atoms with Crippen molar-refractivity contribution in [1.82, 2.24) is 10.3 Å². The van der Waals surface area contributed by atoms with Gasteiger partial charge in [0.15, 0.2) is 0 Å². The third-order valence-electron chi connectivity index (χ3n) is 6.05. The first-order valence-corrected chi connectivity index (χ1v) is 12.7. The number of fused-ring (bicyclic) bond motifs is 1. The van der Waals surface area contributed by atoms with E-state index >= 15 is 0 Å². The summed E-state index contributed by atoms with van der Waals surface area (Å²) in [6.07, 6.45) is 14.5. The Balaban J connectivity index is 1.54. The Kier molecular flexibility index (Phi) is 8.44. The molecule has 35 heavy (non-hydrogen) atoms. The number of hydrogen-bond acceptors (Lipinski definition) is 9. The highest BCUT2D eigenvalue weighted by molar-refractivity contribution is 8.00. The number of nitrogens with two attached hydrogens (primary N) is 2. The van der Waals surface area contributed by atoms with Gasteiger partial charge in [-0.15, -0.1) is 0 Å². The molecule has 184 valence electrons. The largest absolute Gasteiger partial charge is 0.456 e. The van der Waals surface area contributed by atoms with Gasteiger partial charge in [-0.25, -0.2) is 0 Å². The highest BCUT2D eigenvalue weighted by Crippen LogP contribution is 2.41. The number of aromatic nitrogens is 1. The van der Waals surface area contributed by atoms with Gasteiger partial charge in [-0.1, -0.05) is 31.0 Å². The van der Waals surface area contributed by atoms with Gasteiger partial charge < -0.3 is 21.5 Å². The van der Waals surface area contributed by atoms with Gasteiger partial charge in [0.2, 0.25) is 0 Å². The van der Waals surface area contributed by atoms with E-state index in [4.69, 9.17) is 16.2 Å². The van der Waals surface area contributed by atoms with Gasteiger partial charge in [0.25, 0.3) is 0 Å². The van der Waals surface area contributed by atoms with Gasteiger partial charge in [-0.3, -0.25) is 20.3 Å². The van der Waals surface area contributed by atoms with E-state index in [1.165, 1.54) is 44.5 Å². The zero-order valence-electron chi connectivity index (χ0n) is 20.2. The predicted molar refractivity (Wildman–Crippen MR) is 147 cm³/mol. The van der Waals surface area contributed by atoms with Crippen molar-refractivity contribution < 1.29 is 4.74 Å². The molecule has 1 atom stereocenters. The summed E-state index contributed by atoms with van der Waals surface area (Å²) in [5, 5.41) is 7.32. The molecule has 0 amide bonds. The molecular formula is C26H33N7OS. The minimum atomic E-state index is 0.184. The third kappa shape index (κ3) is 6.04. The topological polar surface area (TPSA) is 123 Å². The molecule has 2 aromatic rings. The Morgan fingerprint density at radius 2 is 1.80 bits per heavy atom. The fourth-order valence-corrected chi connectivity index (χ4v) is 5.53. The fraction of sp³-hybridized carbons (Fsp3) is 0.346. The summed E-state index contributed by atoms with van der Waals surface area (Å²) in [6, 6.07) is 8.56. The van der Waals surface area contributed by atoms with E-state index < -0.39 is 0 Å². The van der Waals surface area contributed by atoms with Crippen molar-refractivity contribution in [2.75, 3.05) is 19.4 Å². The average molecular weight is 492 g/mol. The van der Waals surface area contributed by atoms with Crippen LogP contribution >= 0.6 is 11.8 Å². The lowest BCUT2D eigenvalue weighted by atomic mass is 9.96. The van der Waals surface area contributed by atoms with E-state index in [2.05, 4.69) is 37.7 Å². The monoisotopic (exact) mass is 491 g/mol. The molecule has 1 aromatic heterocycles. The second-order valence-corrected chi connectivity index (χ2v) is 9.64. The van der Waals surface area contributed by atoms with Crippen molar-refractivity contribution in [3.05, 3.63) is 54.1 Å². The number of nitrogens with zero attached hydrogens (tertiary/aromatic N) is 3. The van der Waals surface area contributed by atoms with Crippen molar-refractivity contribution in [3.63, 3.8) is 0 Å². The molecular weight excluding hydrogens is 458 g/mol. The lowest BCUT2D eigenvalue weighted by molar-refractivity contribution is 0.375. The summed E-state index contributed by atoms with van der Waals surface area (Å²) in [7, 11) is 3.38. The first kappa shape index (κ1) is 24.8. The Bertz CT molecular complexity index is 1150. The van der Waals surface area contributed by atoms with E-state index in [9.17, 15) is 0 Å². The molecule has 9 heteroatoms. The van der Waals surface area contributed by atoms with Crippen molar-refractivity contribution >= 4 is 41.0 Å². The molecule has 1 aliphatic heterocycles. The fourth-order valence-electron chi connectivity index (χ4n) is 4.39. The van der Waals surface area contributed by atoms with Crippen molar-refractivity contribution in [3.8, 4) is 11.5 Å². The van der Waals surface area contributed by atoms with Crippen LogP contribution in [-0.4, -0.2) is 43.0 Å². The summed E-state index contributed by atoms with van der Waals surface area (Å²) in [5.41, 5.74) is 15.8. The number of aliphatic imine (C=N–C) groups is 2. The predicted octanol–water partition coefficient (Wildman–Crippen LogP) is 4.60. The first-order chi connectivity index (χ1) is 17.1. The van der Waals surface area contributed by atoms with Crippen LogP contribution in [0.4, 0.5) is 5.69 Å². The summed E-state index contributed by atoms with van der Waals surface area (Å²) in [6.45, 7) is 0. The molecule has 2 heterocycles. The molecule has 0 spiro atoms. The van der Waals surface area contributed by atoms with E-state index in [0.717, 1.165) is 21.9 Å². The molecule has 1 unspecified atom stereocenters. The average Bonchev–Trinajstić information content (AvgIpc) is 3.28. The van der Waals surface area contributed by atoms with E-state index in [0.29, 0.717) is 28.6 Å². The van der Waals surface area contributed by atoms with Crippen molar-refractivity contribution in [2.24, 2.45) is 21.5 Å². The second-order valence-electron chi connectivity index (χ2n) is 8.49. The van der Waals surface area contributed by atoms with Crippen LogP contribution < -0.4 is 26.8 Å². The molecule has 4 rings (SSSR count). The molecule has 1 fully saturated rings. The number of anilines is 1. The van der Waals surface area contributed by atoms with Gasteiger partial charge in [0, 0.05) is 66.6 Å². The molecule has 6 N–H and O–H groups in total. The van der Waals surface area contributed by atoms with Gasteiger partial charge in [0.05, 0.1) is 17.6 Å². The number of pyridine rings is 1. The molecule has 1 aromatic carbocycles. The molecule has 0 radical (unpaired) electrons. The van der Waals surface area contributed by atoms with Crippen LogP contribution in [-0.2, 0) is 0 Å². The molecule has 1 saturated carbocycles. The van der Waals surface area contributed by atoms with Crippen LogP contribution in [0.15, 0.2) is 57.7 Å². The number of thioether (sulfide) groups is 1. The van der Waals surface area contributed by atoms with Gasteiger partial charge in [0.1, 0.15) is 17.0 Å². The summed E-state index contributed by atoms with van der Waals surface area (Å²) in [4.78, 5) is 14.0. The number of rotatable bonds is 8. The maximum atomic E-state index is 6.21. The number of benzene rings is 1. The lowest BCUT2D eigenvalue weighted by Gasteiger charge is -2.26. The van der Waals surface area contributed by atoms with E-state index in [1.807, 2.05) is 12.1 Å². The van der Waals surface area contributed by atoms with Crippen molar-refractivity contribution in [1.29, 1.82) is 0 Å². The number of nitrogens with one attached hydrogen (secondary N) is 2. The molecule has 0 saturated heterocycles. The highest BCUT2D eigenvalue weighted by Gasteiger charge is 2.25. The summed E-state index contributed by atoms with van der Waals surface area (Å²) < 4.78 is 6.21. The van der Waals surface area contributed by atoms with Crippen LogP contribution in [0.5, 0.6) is 11.5 Å². The molecule has 1 aliphatic carbocycles. The number of hydrogen-bond donors (Lipinski definition) is 4. The van der Waals surface area contributed by atoms with Crippen LogP contribution in [0.2, 0.25) is 0 Å². The van der Waals surface area contributed by atoms with Gasteiger partial charge in [-0.05, 0) is 37.1 Å². The lowest BCUT2D eigenvalue weighted by Crippen LogP contribution is -2.40. The van der Waals surface area contributed by atoms with Gasteiger partial charge in [-0.2, -0.15) is 0 Å². The van der Waals surface area contributed by atoms with Crippen LogP contribution in [0, 0.1) is 0 Å². The minimum Gasteiger partial charge on any atom is -0.456 e. The number of ether oxygens (including phenoxy) is 1. The van der Waals surface area contributed by atoms with E-state index in [-0.39, 0.29) is 5.50 Å². The van der Waals surface area contributed by atoms with Crippen LogP contribution in [0.1, 0.15) is 43.4 Å². The SMILES string of the molecule is CN=C/C(=C\N)c1cc(Oc2ccc3c(c2)SC(NC2CCCCC2)N3)cnc1/C(C=NC)=C/N. The smallest absolute Gasteiger partial charge is 0.146 e. The van der Waals surface area contributed by atoms with Crippen molar-refractivity contribution in [2.45, 2.75) is 48.5 Å². The molecule has 2 aliphatic rings. The maximum Gasteiger partial charge on any atom is 0.146 e. The summed E-state index contributed by atoms with van der Waals surface area (Å²) >= 11 is 1.79. The van der Waals surface area contributed by atoms with E-state index in [1.54, 1.807) is 44.5 Å². The normalized spacial score (nSPS) is 19.3. The Morgan fingerprint density at radius 1 is 1.06 bits per heavy atom. The van der Waals surface area contributed by atoms with Crippen LogP contribution in [0.3, 0.4) is 0 Å². The Morgan fingerprint density at radius 3 is 2.51 bits per heavy atom. The maximum absolute atomic E-state index is 6.21. The highest BCUT2D eigenvalue weighted by atomic mass is 32.2. The first-order valence-electron chi connectivity index (χ1n) is 11.8. The zero-order chi connectivity index (χ0) is 24.6.